The summed E-state index contributed by atoms with van der Waals surface area (Å²) in [4.78, 5) is 33.4. The van der Waals surface area contributed by atoms with Crippen molar-refractivity contribution in [2.75, 3.05) is 0 Å². The molecule has 0 fully saturated rings. The van der Waals surface area contributed by atoms with Crippen molar-refractivity contribution in [2.24, 2.45) is 0 Å². The quantitative estimate of drug-likeness (QED) is 0.410. The van der Waals surface area contributed by atoms with Gasteiger partial charge >= 0.3 is 7.12 Å². The number of carbonyl (C=O) groups is 2. The van der Waals surface area contributed by atoms with Crippen molar-refractivity contribution in [3.05, 3.63) is 96.1 Å². The van der Waals surface area contributed by atoms with Crippen LogP contribution in [0, 0.1) is 0 Å². The number of nitrogens with zero attached hydrogens (tertiary/aromatic N) is 2. The van der Waals surface area contributed by atoms with Crippen LogP contribution in [0.15, 0.2) is 79.3 Å². The van der Waals surface area contributed by atoms with E-state index in [2.05, 4.69) is 20.6 Å². The number of aromatic nitrogens is 2. The Hall–Kier alpha value is -3.56. The van der Waals surface area contributed by atoms with Crippen LogP contribution in [0.4, 0.5) is 0 Å². The van der Waals surface area contributed by atoms with Gasteiger partial charge in [0, 0.05) is 18.8 Å². The lowest BCUT2D eigenvalue weighted by atomic mass is 9.75. The molecule has 0 aliphatic carbocycles. The van der Waals surface area contributed by atoms with Gasteiger partial charge in [0.2, 0.25) is 5.91 Å². The van der Waals surface area contributed by atoms with E-state index in [1.165, 1.54) is 18.6 Å². The van der Waals surface area contributed by atoms with E-state index < -0.39 is 30.9 Å². The number of hydrogen-bond donors (Lipinski definition) is 4. The van der Waals surface area contributed by atoms with Crippen LogP contribution in [0.5, 0.6) is 0 Å². The molecule has 4 N–H and O–H groups in total. The third-order valence-corrected chi connectivity index (χ3v) is 4.45. The molecule has 2 aromatic carbocycles. The minimum Gasteiger partial charge on any atom is -0.426 e. The number of rotatable bonds is 8. The molecule has 0 unspecified atom stereocenters. The van der Waals surface area contributed by atoms with Crippen LogP contribution in [0.1, 0.15) is 27.6 Å². The first-order valence-corrected chi connectivity index (χ1v) is 9.37. The molecule has 0 spiro atoms. The topological polar surface area (TPSA) is 124 Å². The van der Waals surface area contributed by atoms with E-state index in [1.54, 1.807) is 30.3 Å². The second-order valence-electron chi connectivity index (χ2n) is 6.62. The highest BCUT2D eigenvalue weighted by molar-refractivity contribution is 6.43. The van der Waals surface area contributed by atoms with Crippen LogP contribution in [0.2, 0.25) is 0 Å². The Morgan fingerprint density at radius 1 is 0.933 bits per heavy atom. The number of carbonyl (C=O) groups excluding carboxylic acids is 2. The summed E-state index contributed by atoms with van der Waals surface area (Å²) in [5.74, 6) is -2.16. The molecular formula is C21H21BN4O4. The highest BCUT2D eigenvalue weighted by Gasteiger charge is 2.31. The fraction of sp³-hybridized carbons (Fsp3) is 0.143. The lowest BCUT2D eigenvalue weighted by Gasteiger charge is -2.23. The summed E-state index contributed by atoms with van der Waals surface area (Å²) in [6, 6.07) is 16.8. The van der Waals surface area contributed by atoms with E-state index in [1.807, 2.05) is 30.3 Å². The Bertz CT molecular complexity index is 959. The van der Waals surface area contributed by atoms with Crippen molar-refractivity contribution >= 4 is 18.9 Å². The van der Waals surface area contributed by atoms with Gasteiger partial charge in [0.05, 0.1) is 12.1 Å². The molecule has 0 saturated carbocycles. The van der Waals surface area contributed by atoms with Gasteiger partial charge in [-0.1, -0.05) is 60.7 Å². The zero-order valence-corrected chi connectivity index (χ0v) is 16.1. The molecule has 8 nitrogen and oxygen atoms in total. The van der Waals surface area contributed by atoms with Crippen LogP contribution < -0.4 is 10.6 Å². The third-order valence-electron chi connectivity index (χ3n) is 4.45. The molecule has 1 aromatic heterocycles. The Morgan fingerprint density at radius 2 is 1.60 bits per heavy atom. The molecule has 2 atom stereocenters. The smallest absolute Gasteiger partial charge is 0.426 e. The minimum absolute atomic E-state index is 0.0742. The van der Waals surface area contributed by atoms with Gasteiger partial charge in [-0.25, -0.2) is 4.98 Å². The first-order chi connectivity index (χ1) is 14.5. The Kier molecular flexibility index (Phi) is 7.26. The van der Waals surface area contributed by atoms with Crippen molar-refractivity contribution in [3.63, 3.8) is 0 Å². The summed E-state index contributed by atoms with van der Waals surface area (Å²) in [6.45, 7) is 0. The summed E-state index contributed by atoms with van der Waals surface area (Å²) in [6.07, 6.45) is 4.34. The SMILES string of the molecule is O=C(N[C@@H](Cc1ccccc1)C(=O)N[C@H](B(O)O)c1ccccc1)c1cnccn1. The highest BCUT2D eigenvalue weighted by Crippen LogP contribution is 2.14. The van der Waals surface area contributed by atoms with E-state index in [0.29, 0.717) is 5.56 Å². The summed E-state index contributed by atoms with van der Waals surface area (Å²) in [5.41, 5.74) is 1.43. The average Bonchev–Trinajstić information content (AvgIpc) is 2.78. The molecule has 0 bridgehead atoms. The molecule has 3 aromatic rings. The number of amides is 2. The van der Waals surface area contributed by atoms with Crippen LogP contribution in [-0.2, 0) is 11.2 Å². The van der Waals surface area contributed by atoms with Crippen molar-refractivity contribution in [1.29, 1.82) is 0 Å². The number of hydrogen-bond acceptors (Lipinski definition) is 6. The minimum atomic E-state index is -1.82. The predicted molar refractivity (Wildman–Crippen MR) is 111 cm³/mol. The van der Waals surface area contributed by atoms with Crippen molar-refractivity contribution in [1.82, 2.24) is 20.6 Å². The zero-order chi connectivity index (χ0) is 21.3. The van der Waals surface area contributed by atoms with E-state index in [-0.39, 0.29) is 12.1 Å². The van der Waals surface area contributed by atoms with Gasteiger partial charge in [-0.15, -0.1) is 0 Å². The lowest BCUT2D eigenvalue weighted by molar-refractivity contribution is -0.123. The van der Waals surface area contributed by atoms with Crippen molar-refractivity contribution < 1.29 is 19.6 Å². The predicted octanol–water partition coefficient (Wildman–Crippen LogP) is 0.687. The average molecular weight is 404 g/mol. The first kappa shape index (κ1) is 21.2. The molecule has 3 rings (SSSR count). The third kappa shape index (κ3) is 5.73. The highest BCUT2D eigenvalue weighted by atomic mass is 16.4. The van der Waals surface area contributed by atoms with Crippen LogP contribution in [0.25, 0.3) is 0 Å². The molecule has 0 aliphatic heterocycles. The molecular weight excluding hydrogens is 383 g/mol. The van der Waals surface area contributed by atoms with Gasteiger partial charge in [-0.05, 0) is 11.1 Å². The summed E-state index contributed by atoms with van der Waals surface area (Å²) in [7, 11) is -1.82. The number of benzene rings is 2. The fourth-order valence-corrected chi connectivity index (χ4v) is 2.95. The largest absolute Gasteiger partial charge is 0.480 e. The second-order valence-corrected chi connectivity index (χ2v) is 6.62. The van der Waals surface area contributed by atoms with Gasteiger partial charge in [-0.3, -0.25) is 14.6 Å². The van der Waals surface area contributed by atoms with Gasteiger partial charge in [0.15, 0.2) is 0 Å². The molecule has 0 radical (unpaired) electrons. The van der Waals surface area contributed by atoms with E-state index in [4.69, 9.17) is 0 Å². The lowest BCUT2D eigenvalue weighted by Crippen LogP contribution is -2.51. The maximum Gasteiger partial charge on any atom is 0.480 e. The fourth-order valence-electron chi connectivity index (χ4n) is 2.95. The molecule has 2 amide bonds. The van der Waals surface area contributed by atoms with Gasteiger partial charge < -0.3 is 20.7 Å². The zero-order valence-electron chi connectivity index (χ0n) is 16.1. The maximum absolute atomic E-state index is 13.0. The molecule has 30 heavy (non-hydrogen) atoms. The van der Waals surface area contributed by atoms with E-state index >= 15 is 0 Å². The van der Waals surface area contributed by atoms with Gasteiger partial charge in [-0.2, -0.15) is 0 Å². The molecule has 152 valence electrons. The Labute approximate surface area is 174 Å². The van der Waals surface area contributed by atoms with Crippen LogP contribution in [-0.4, -0.2) is 45.0 Å². The standard InChI is InChI=1S/C21H21BN4O4/c27-20(26-19(22(29)30)16-9-5-2-6-10-16)17(13-15-7-3-1-4-8-15)25-21(28)18-14-23-11-12-24-18/h1-12,14,17,19,29-30H,13H2,(H,25,28)(H,26,27)/t17-,19-/m0/s1. The van der Waals surface area contributed by atoms with E-state index in [9.17, 15) is 19.6 Å². The summed E-state index contributed by atoms with van der Waals surface area (Å²) < 4.78 is 0. The molecule has 0 aliphatic rings. The van der Waals surface area contributed by atoms with E-state index in [0.717, 1.165) is 5.56 Å². The van der Waals surface area contributed by atoms with Crippen molar-refractivity contribution in [3.8, 4) is 0 Å². The summed E-state index contributed by atoms with van der Waals surface area (Å²) in [5, 5.41) is 24.8. The summed E-state index contributed by atoms with van der Waals surface area (Å²) >= 11 is 0. The molecule has 9 heteroatoms. The van der Waals surface area contributed by atoms with Gasteiger partial charge in [0.25, 0.3) is 5.91 Å². The van der Waals surface area contributed by atoms with Crippen LogP contribution >= 0.6 is 0 Å². The molecule has 0 saturated heterocycles. The van der Waals surface area contributed by atoms with Crippen molar-refractivity contribution in [2.45, 2.75) is 18.4 Å². The second kappa shape index (κ2) is 10.3. The Morgan fingerprint density at radius 3 is 2.20 bits per heavy atom. The van der Waals surface area contributed by atoms with Crippen LogP contribution in [0.3, 0.4) is 0 Å². The first-order valence-electron chi connectivity index (χ1n) is 9.37. The molecule has 1 heterocycles. The maximum atomic E-state index is 13.0. The Balaban J connectivity index is 1.80. The number of nitrogens with one attached hydrogen (secondary N) is 2. The normalized spacial score (nSPS) is 12.5. The monoisotopic (exact) mass is 404 g/mol. The van der Waals surface area contributed by atoms with Gasteiger partial charge in [0.1, 0.15) is 11.7 Å².